The highest BCUT2D eigenvalue weighted by atomic mass is 16.5. The van der Waals surface area contributed by atoms with Gasteiger partial charge in [0.1, 0.15) is 5.75 Å². The largest absolute Gasteiger partial charge is 0.496 e. The predicted molar refractivity (Wildman–Crippen MR) is 68.1 cm³/mol. The van der Waals surface area contributed by atoms with Gasteiger partial charge in [-0.15, -0.1) is 0 Å². The maximum Gasteiger partial charge on any atom is 0.122 e. The van der Waals surface area contributed by atoms with Gasteiger partial charge in [0.25, 0.3) is 0 Å². The summed E-state index contributed by atoms with van der Waals surface area (Å²) >= 11 is 0. The van der Waals surface area contributed by atoms with E-state index in [1.165, 1.54) is 24.0 Å². The Morgan fingerprint density at radius 3 is 2.82 bits per heavy atom. The smallest absolute Gasteiger partial charge is 0.122 e. The van der Waals surface area contributed by atoms with Gasteiger partial charge in [-0.25, -0.2) is 0 Å². The maximum absolute atomic E-state index is 5.68. The summed E-state index contributed by atoms with van der Waals surface area (Å²) in [4.78, 5) is 0. The minimum atomic E-state index is 0.642. The van der Waals surface area contributed by atoms with Crippen LogP contribution in [0.3, 0.4) is 0 Å². The van der Waals surface area contributed by atoms with Crippen molar-refractivity contribution in [1.82, 2.24) is 0 Å². The van der Waals surface area contributed by atoms with Crippen LogP contribution in [0.1, 0.15) is 24.0 Å². The van der Waals surface area contributed by atoms with Crippen molar-refractivity contribution in [3.8, 4) is 5.75 Å². The Kier molecular flexibility index (Phi) is 4.40. The van der Waals surface area contributed by atoms with Crippen molar-refractivity contribution >= 4 is 0 Å². The monoisotopic (exact) mass is 235 g/mol. The van der Waals surface area contributed by atoms with Gasteiger partial charge >= 0.3 is 0 Å². The standard InChI is InChI=1S/C14H21NO2/c1-16-14-5-4-12(8-13(14)6-7-15)10-17-9-11-2-3-11/h4-5,8,11H,2-3,6-7,9-10,15H2,1H3. The first kappa shape index (κ1) is 12.4. The van der Waals surface area contributed by atoms with Crippen LogP contribution in [0.2, 0.25) is 0 Å². The second-order valence-electron chi connectivity index (χ2n) is 4.64. The zero-order valence-electron chi connectivity index (χ0n) is 10.4. The minimum Gasteiger partial charge on any atom is -0.496 e. The van der Waals surface area contributed by atoms with Crippen LogP contribution < -0.4 is 10.5 Å². The van der Waals surface area contributed by atoms with Gasteiger partial charge in [0, 0.05) is 6.61 Å². The summed E-state index contributed by atoms with van der Waals surface area (Å²) in [5.41, 5.74) is 7.97. The highest BCUT2D eigenvalue weighted by Gasteiger charge is 2.21. The quantitative estimate of drug-likeness (QED) is 0.787. The van der Waals surface area contributed by atoms with Crippen molar-refractivity contribution < 1.29 is 9.47 Å². The third-order valence-electron chi connectivity index (χ3n) is 3.08. The van der Waals surface area contributed by atoms with Crippen LogP contribution in [0, 0.1) is 5.92 Å². The zero-order valence-corrected chi connectivity index (χ0v) is 10.4. The van der Waals surface area contributed by atoms with Crippen LogP contribution in [-0.4, -0.2) is 20.3 Å². The first-order chi connectivity index (χ1) is 8.33. The normalized spacial score (nSPS) is 14.9. The molecule has 3 heteroatoms. The van der Waals surface area contributed by atoms with Gasteiger partial charge < -0.3 is 15.2 Å². The number of benzene rings is 1. The SMILES string of the molecule is COc1ccc(COCC2CC2)cc1CCN. The van der Waals surface area contributed by atoms with E-state index in [0.29, 0.717) is 13.2 Å². The molecule has 0 aromatic heterocycles. The molecule has 0 atom stereocenters. The number of hydrogen-bond acceptors (Lipinski definition) is 3. The van der Waals surface area contributed by atoms with E-state index in [1.54, 1.807) is 7.11 Å². The molecule has 3 nitrogen and oxygen atoms in total. The van der Waals surface area contributed by atoms with Gasteiger partial charge in [-0.3, -0.25) is 0 Å². The van der Waals surface area contributed by atoms with E-state index >= 15 is 0 Å². The van der Waals surface area contributed by atoms with Crippen molar-refractivity contribution in [3.05, 3.63) is 29.3 Å². The Labute approximate surface area is 103 Å². The molecule has 1 aromatic rings. The highest BCUT2D eigenvalue weighted by molar-refractivity contribution is 5.37. The molecule has 0 radical (unpaired) electrons. The summed E-state index contributed by atoms with van der Waals surface area (Å²) in [6, 6.07) is 6.20. The van der Waals surface area contributed by atoms with Crippen LogP contribution in [0.15, 0.2) is 18.2 Å². The van der Waals surface area contributed by atoms with E-state index in [4.69, 9.17) is 15.2 Å². The molecule has 1 aromatic carbocycles. The molecule has 0 amide bonds. The average Bonchev–Trinajstić information content (AvgIpc) is 3.14. The second-order valence-corrected chi connectivity index (χ2v) is 4.64. The van der Waals surface area contributed by atoms with Gasteiger partial charge in [-0.05, 0) is 55.0 Å². The molecule has 0 heterocycles. The molecule has 17 heavy (non-hydrogen) atoms. The summed E-state index contributed by atoms with van der Waals surface area (Å²) in [6.07, 6.45) is 3.52. The molecule has 2 rings (SSSR count). The van der Waals surface area contributed by atoms with E-state index in [2.05, 4.69) is 12.1 Å². The van der Waals surface area contributed by atoms with E-state index in [-0.39, 0.29) is 0 Å². The van der Waals surface area contributed by atoms with Crippen LogP contribution in [0.4, 0.5) is 0 Å². The summed E-state index contributed by atoms with van der Waals surface area (Å²) in [6.45, 7) is 2.24. The maximum atomic E-state index is 5.68. The Bertz CT molecular complexity index is 361. The third kappa shape index (κ3) is 3.72. The number of ether oxygens (including phenoxy) is 2. The zero-order chi connectivity index (χ0) is 12.1. The van der Waals surface area contributed by atoms with Gasteiger partial charge in [0.2, 0.25) is 0 Å². The second kappa shape index (κ2) is 6.03. The van der Waals surface area contributed by atoms with Crippen LogP contribution in [-0.2, 0) is 17.8 Å². The molecule has 2 N–H and O–H groups in total. The number of methoxy groups -OCH3 is 1. The topological polar surface area (TPSA) is 44.5 Å². The van der Waals surface area contributed by atoms with Crippen LogP contribution in [0.25, 0.3) is 0 Å². The van der Waals surface area contributed by atoms with Crippen molar-refractivity contribution in [3.63, 3.8) is 0 Å². The molecule has 0 aliphatic heterocycles. The number of rotatable bonds is 7. The van der Waals surface area contributed by atoms with E-state index in [1.807, 2.05) is 6.07 Å². The highest BCUT2D eigenvalue weighted by Crippen LogP contribution is 2.29. The molecule has 1 aliphatic carbocycles. The Balaban J connectivity index is 1.93. The Morgan fingerprint density at radius 1 is 1.35 bits per heavy atom. The molecule has 1 saturated carbocycles. The summed E-state index contributed by atoms with van der Waals surface area (Å²) < 4.78 is 11.0. The Morgan fingerprint density at radius 2 is 2.18 bits per heavy atom. The van der Waals surface area contributed by atoms with Gasteiger partial charge in [0.05, 0.1) is 13.7 Å². The predicted octanol–water partition coefficient (Wildman–Crippen LogP) is 2.12. The van der Waals surface area contributed by atoms with E-state index in [9.17, 15) is 0 Å². The van der Waals surface area contributed by atoms with Crippen molar-refractivity contribution in [2.75, 3.05) is 20.3 Å². The molecule has 1 aliphatic rings. The van der Waals surface area contributed by atoms with Crippen molar-refractivity contribution in [2.24, 2.45) is 11.7 Å². The molecule has 0 bridgehead atoms. The average molecular weight is 235 g/mol. The Hall–Kier alpha value is -1.06. The molecule has 94 valence electrons. The van der Waals surface area contributed by atoms with Gasteiger partial charge in [0.15, 0.2) is 0 Å². The summed E-state index contributed by atoms with van der Waals surface area (Å²) in [5.74, 6) is 1.73. The molecular formula is C14H21NO2. The van der Waals surface area contributed by atoms with E-state index in [0.717, 1.165) is 24.7 Å². The lowest BCUT2D eigenvalue weighted by Gasteiger charge is -2.10. The number of nitrogens with two attached hydrogens (primary N) is 1. The summed E-state index contributed by atoms with van der Waals surface area (Å²) in [7, 11) is 1.69. The first-order valence-corrected chi connectivity index (χ1v) is 6.27. The molecule has 1 fully saturated rings. The van der Waals surface area contributed by atoms with E-state index < -0.39 is 0 Å². The number of hydrogen-bond donors (Lipinski definition) is 1. The fraction of sp³-hybridized carbons (Fsp3) is 0.571. The van der Waals surface area contributed by atoms with Gasteiger partial charge in [-0.2, -0.15) is 0 Å². The van der Waals surface area contributed by atoms with Crippen molar-refractivity contribution in [2.45, 2.75) is 25.9 Å². The lowest BCUT2D eigenvalue weighted by Crippen LogP contribution is -2.05. The fourth-order valence-corrected chi connectivity index (χ4v) is 1.90. The molecule has 0 saturated heterocycles. The van der Waals surface area contributed by atoms with Crippen LogP contribution in [0.5, 0.6) is 5.75 Å². The lowest BCUT2D eigenvalue weighted by atomic mass is 10.1. The minimum absolute atomic E-state index is 0.642. The summed E-state index contributed by atoms with van der Waals surface area (Å²) in [5, 5.41) is 0. The van der Waals surface area contributed by atoms with Crippen molar-refractivity contribution in [1.29, 1.82) is 0 Å². The van der Waals surface area contributed by atoms with Gasteiger partial charge in [-0.1, -0.05) is 6.07 Å². The molecular weight excluding hydrogens is 214 g/mol. The lowest BCUT2D eigenvalue weighted by molar-refractivity contribution is 0.111. The molecule has 0 unspecified atom stereocenters. The van der Waals surface area contributed by atoms with Crippen LogP contribution >= 0.6 is 0 Å². The first-order valence-electron chi connectivity index (χ1n) is 6.27. The molecule has 0 spiro atoms. The third-order valence-corrected chi connectivity index (χ3v) is 3.08. The fourth-order valence-electron chi connectivity index (χ4n) is 1.90.